The maximum absolute atomic E-state index is 4.46. The Morgan fingerprint density at radius 3 is 2.58 bits per heavy atom. The number of anilines is 1. The van der Waals surface area contributed by atoms with Crippen molar-refractivity contribution in [1.82, 2.24) is 20.2 Å². The fourth-order valence-electron chi connectivity index (χ4n) is 3.60. The molecule has 1 aromatic heterocycles. The van der Waals surface area contributed by atoms with E-state index in [0.29, 0.717) is 0 Å². The highest BCUT2D eigenvalue weighted by atomic mass is 79.9. The lowest BCUT2D eigenvalue weighted by molar-refractivity contribution is 0.328. The molecule has 3 aromatic rings. The Morgan fingerprint density at radius 1 is 1.08 bits per heavy atom. The molecule has 0 aliphatic carbocycles. The molecular formula is C20H22BrN5. The Kier molecular flexibility index (Phi) is 4.31. The minimum Gasteiger partial charge on any atom is -0.357 e. The second-order valence-electron chi connectivity index (χ2n) is 7.64. The Balaban J connectivity index is 1.92. The SMILES string of the molecule is CC(C)(C)n1nnnc1C1c2cc(Br)ccc2CCN1c1ccccc1. The van der Waals surface area contributed by atoms with Crippen molar-refractivity contribution in [1.29, 1.82) is 0 Å². The van der Waals surface area contributed by atoms with Gasteiger partial charge in [-0.15, -0.1) is 5.10 Å². The summed E-state index contributed by atoms with van der Waals surface area (Å²) in [6.45, 7) is 7.32. The summed E-state index contributed by atoms with van der Waals surface area (Å²) < 4.78 is 3.02. The van der Waals surface area contributed by atoms with Gasteiger partial charge in [-0.1, -0.05) is 40.2 Å². The van der Waals surface area contributed by atoms with Crippen LogP contribution in [0.5, 0.6) is 0 Å². The summed E-state index contributed by atoms with van der Waals surface area (Å²) in [7, 11) is 0. The summed E-state index contributed by atoms with van der Waals surface area (Å²) in [5, 5.41) is 12.8. The van der Waals surface area contributed by atoms with Gasteiger partial charge in [0.1, 0.15) is 6.04 Å². The molecule has 1 atom stereocenters. The minimum absolute atomic E-state index is 0.0205. The molecule has 134 valence electrons. The Bertz CT molecular complexity index is 913. The van der Waals surface area contributed by atoms with Crippen molar-refractivity contribution in [2.75, 3.05) is 11.4 Å². The number of hydrogen-bond donors (Lipinski definition) is 0. The van der Waals surface area contributed by atoms with E-state index in [1.165, 1.54) is 16.8 Å². The maximum atomic E-state index is 4.46. The lowest BCUT2D eigenvalue weighted by Crippen LogP contribution is -2.39. The van der Waals surface area contributed by atoms with Gasteiger partial charge in [0.15, 0.2) is 5.82 Å². The molecule has 0 saturated heterocycles. The summed E-state index contributed by atoms with van der Waals surface area (Å²) in [5.41, 5.74) is 3.61. The number of hydrogen-bond acceptors (Lipinski definition) is 4. The number of rotatable bonds is 2. The number of aromatic nitrogens is 4. The van der Waals surface area contributed by atoms with Crippen LogP contribution >= 0.6 is 15.9 Å². The van der Waals surface area contributed by atoms with Gasteiger partial charge in [-0.3, -0.25) is 0 Å². The van der Waals surface area contributed by atoms with Gasteiger partial charge in [-0.05, 0) is 73.0 Å². The topological polar surface area (TPSA) is 46.8 Å². The van der Waals surface area contributed by atoms with Gasteiger partial charge in [-0.2, -0.15) is 0 Å². The average Bonchev–Trinajstić information content (AvgIpc) is 3.11. The van der Waals surface area contributed by atoms with Gasteiger partial charge in [-0.25, -0.2) is 4.68 Å². The summed E-state index contributed by atoms with van der Waals surface area (Å²) in [4.78, 5) is 2.41. The molecule has 6 heteroatoms. The van der Waals surface area contributed by atoms with E-state index >= 15 is 0 Å². The average molecular weight is 412 g/mol. The van der Waals surface area contributed by atoms with Crippen molar-refractivity contribution in [3.8, 4) is 0 Å². The molecule has 1 aliphatic heterocycles. The van der Waals surface area contributed by atoms with Crippen molar-refractivity contribution in [3.63, 3.8) is 0 Å². The smallest absolute Gasteiger partial charge is 0.178 e. The van der Waals surface area contributed by atoms with Gasteiger partial charge >= 0.3 is 0 Å². The van der Waals surface area contributed by atoms with Crippen LogP contribution in [-0.4, -0.2) is 26.8 Å². The van der Waals surface area contributed by atoms with Crippen LogP contribution < -0.4 is 4.90 Å². The van der Waals surface area contributed by atoms with Gasteiger partial charge < -0.3 is 4.90 Å². The van der Waals surface area contributed by atoms with Crippen LogP contribution in [-0.2, 0) is 12.0 Å². The van der Waals surface area contributed by atoms with E-state index in [9.17, 15) is 0 Å². The van der Waals surface area contributed by atoms with Crippen LogP contribution in [0.4, 0.5) is 5.69 Å². The summed E-state index contributed by atoms with van der Waals surface area (Å²) in [6, 6.07) is 17.0. The van der Waals surface area contributed by atoms with E-state index in [-0.39, 0.29) is 11.6 Å². The molecule has 0 amide bonds. The monoisotopic (exact) mass is 411 g/mol. The Morgan fingerprint density at radius 2 is 1.85 bits per heavy atom. The van der Waals surface area contributed by atoms with Crippen LogP contribution in [0.15, 0.2) is 53.0 Å². The van der Waals surface area contributed by atoms with Crippen molar-refractivity contribution >= 4 is 21.6 Å². The van der Waals surface area contributed by atoms with Gasteiger partial charge in [0.25, 0.3) is 0 Å². The maximum Gasteiger partial charge on any atom is 0.178 e. The van der Waals surface area contributed by atoms with Crippen molar-refractivity contribution in [2.24, 2.45) is 0 Å². The molecule has 1 aliphatic rings. The lowest BCUT2D eigenvalue weighted by Gasteiger charge is -2.39. The summed E-state index contributed by atoms with van der Waals surface area (Å²) in [5.74, 6) is 0.875. The Hall–Kier alpha value is -2.21. The highest BCUT2D eigenvalue weighted by Gasteiger charge is 2.35. The van der Waals surface area contributed by atoms with Crippen molar-refractivity contribution in [2.45, 2.75) is 38.8 Å². The van der Waals surface area contributed by atoms with E-state index in [4.69, 9.17) is 0 Å². The molecule has 26 heavy (non-hydrogen) atoms. The third-order valence-corrected chi connectivity index (χ3v) is 5.29. The lowest BCUT2D eigenvalue weighted by atomic mass is 9.91. The van der Waals surface area contributed by atoms with E-state index in [1.54, 1.807) is 0 Å². The molecule has 0 spiro atoms. The quantitative estimate of drug-likeness (QED) is 0.628. The molecule has 0 saturated carbocycles. The highest BCUT2D eigenvalue weighted by Crippen LogP contribution is 2.39. The molecule has 1 unspecified atom stereocenters. The fourth-order valence-corrected chi connectivity index (χ4v) is 3.98. The van der Waals surface area contributed by atoms with Gasteiger partial charge in [0, 0.05) is 16.7 Å². The van der Waals surface area contributed by atoms with Crippen molar-refractivity contribution < 1.29 is 0 Å². The molecule has 2 aromatic carbocycles. The number of tetrazole rings is 1. The standard InChI is InChI=1S/C20H22BrN5/c1-20(2,3)26-19(22-23-24-26)18-17-13-15(21)10-9-14(17)11-12-25(18)16-7-5-4-6-8-16/h4-10,13,18H,11-12H2,1-3H3. The van der Waals surface area contributed by atoms with Crippen LogP contribution in [0.1, 0.15) is 43.8 Å². The first-order valence-corrected chi connectivity index (χ1v) is 9.63. The van der Waals surface area contributed by atoms with E-state index in [0.717, 1.165) is 23.3 Å². The second kappa shape index (κ2) is 6.50. The van der Waals surface area contributed by atoms with E-state index in [2.05, 4.69) is 99.6 Å². The normalized spacial score (nSPS) is 17.2. The molecule has 0 bridgehead atoms. The number of halogens is 1. The van der Waals surface area contributed by atoms with E-state index < -0.39 is 0 Å². The third kappa shape index (κ3) is 3.03. The first-order chi connectivity index (χ1) is 12.4. The third-order valence-electron chi connectivity index (χ3n) is 4.80. The molecule has 4 rings (SSSR count). The Labute approximate surface area is 162 Å². The number of benzene rings is 2. The largest absolute Gasteiger partial charge is 0.357 e. The second-order valence-corrected chi connectivity index (χ2v) is 8.56. The molecule has 0 fully saturated rings. The first kappa shape index (κ1) is 17.2. The predicted octanol–water partition coefficient (Wildman–Crippen LogP) is 4.34. The molecule has 5 nitrogen and oxygen atoms in total. The van der Waals surface area contributed by atoms with Crippen LogP contribution in [0.25, 0.3) is 0 Å². The zero-order chi connectivity index (χ0) is 18.3. The predicted molar refractivity (Wildman–Crippen MR) is 106 cm³/mol. The van der Waals surface area contributed by atoms with Crippen molar-refractivity contribution in [3.05, 3.63) is 70.0 Å². The minimum atomic E-state index is -0.190. The van der Waals surface area contributed by atoms with Gasteiger partial charge in [0.05, 0.1) is 5.54 Å². The molecular weight excluding hydrogens is 390 g/mol. The number of para-hydroxylation sites is 1. The summed E-state index contributed by atoms with van der Waals surface area (Å²) >= 11 is 3.64. The number of nitrogens with zero attached hydrogens (tertiary/aromatic N) is 5. The van der Waals surface area contributed by atoms with Crippen LogP contribution in [0.3, 0.4) is 0 Å². The fraction of sp³-hybridized carbons (Fsp3) is 0.350. The first-order valence-electron chi connectivity index (χ1n) is 8.84. The van der Waals surface area contributed by atoms with E-state index in [1.807, 2.05) is 10.7 Å². The zero-order valence-electron chi connectivity index (χ0n) is 15.2. The number of fused-ring (bicyclic) bond motifs is 1. The summed E-state index contributed by atoms with van der Waals surface area (Å²) in [6.07, 6.45) is 1.01. The zero-order valence-corrected chi connectivity index (χ0v) is 16.8. The molecule has 2 heterocycles. The van der Waals surface area contributed by atoms with Crippen LogP contribution in [0.2, 0.25) is 0 Å². The molecule has 0 N–H and O–H groups in total. The highest BCUT2D eigenvalue weighted by molar-refractivity contribution is 9.10. The molecule has 0 radical (unpaired) electrons. The van der Waals surface area contributed by atoms with Gasteiger partial charge in [0.2, 0.25) is 0 Å². The van der Waals surface area contributed by atoms with Crippen LogP contribution in [0, 0.1) is 0 Å².